The highest BCUT2D eigenvalue weighted by Crippen LogP contribution is 2.26. The summed E-state index contributed by atoms with van der Waals surface area (Å²) in [5, 5.41) is 12.3. The van der Waals surface area contributed by atoms with Crippen LogP contribution in [0, 0.1) is 0 Å². The molecule has 1 unspecified atom stereocenters. The Morgan fingerprint density at radius 2 is 1.26 bits per heavy atom. The number of carboxylic acid groups (broad SMARTS) is 1. The number of carbonyl (C=O) groups is 2. The predicted molar refractivity (Wildman–Crippen MR) is 151 cm³/mol. The molecule has 192 valence electrons. The molecule has 0 fully saturated rings. The van der Waals surface area contributed by atoms with Crippen molar-refractivity contribution in [1.29, 1.82) is 0 Å². The summed E-state index contributed by atoms with van der Waals surface area (Å²) in [4.78, 5) is 29.3. The molecule has 0 spiro atoms. The second kappa shape index (κ2) is 11.9. The topological polar surface area (TPSA) is 88.5 Å². The van der Waals surface area contributed by atoms with Crippen LogP contribution in [0.2, 0.25) is 0 Å². The van der Waals surface area contributed by atoms with Gasteiger partial charge in [-0.25, -0.2) is 4.98 Å². The molecule has 5 aromatic rings. The van der Waals surface area contributed by atoms with Gasteiger partial charge in [-0.1, -0.05) is 78.9 Å². The van der Waals surface area contributed by atoms with Crippen LogP contribution < -0.4 is 10.1 Å². The minimum absolute atomic E-state index is 0.202. The number of pyridine rings is 1. The third kappa shape index (κ3) is 6.56. The zero-order chi connectivity index (χ0) is 27.0. The summed E-state index contributed by atoms with van der Waals surface area (Å²) in [5.41, 5.74) is 4.42. The Balaban J connectivity index is 1.31. The van der Waals surface area contributed by atoms with Crippen LogP contribution in [0.15, 0.2) is 127 Å². The molecule has 5 rings (SSSR count). The fourth-order valence-corrected chi connectivity index (χ4v) is 4.24. The minimum atomic E-state index is -1.01. The Morgan fingerprint density at radius 3 is 1.92 bits per heavy atom. The fraction of sp³-hybridized carbons (Fsp3) is 0.0606. The molecule has 1 atom stereocenters. The van der Waals surface area contributed by atoms with Crippen molar-refractivity contribution >= 4 is 11.9 Å². The van der Waals surface area contributed by atoms with Crippen molar-refractivity contribution in [2.45, 2.75) is 12.5 Å². The van der Waals surface area contributed by atoms with Crippen LogP contribution >= 0.6 is 0 Å². The number of benzene rings is 4. The Hall–Kier alpha value is -5.23. The van der Waals surface area contributed by atoms with Crippen LogP contribution in [-0.2, 0) is 4.79 Å². The molecule has 0 aliphatic heterocycles. The van der Waals surface area contributed by atoms with Gasteiger partial charge in [0.1, 0.15) is 17.2 Å². The van der Waals surface area contributed by atoms with E-state index >= 15 is 0 Å². The third-order valence-electron chi connectivity index (χ3n) is 6.21. The lowest BCUT2D eigenvalue weighted by Crippen LogP contribution is -2.30. The number of hydrogen-bond donors (Lipinski definition) is 2. The van der Waals surface area contributed by atoms with Crippen LogP contribution in [0.5, 0.6) is 11.5 Å². The van der Waals surface area contributed by atoms with Gasteiger partial charge < -0.3 is 15.2 Å². The summed E-state index contributed by atoms with van der Waals surface area (Å²) in [6.45, 7) is 0. The van der Waals surface area contributed by atoms with Gasteiger partial charge in [-0.15, -0.1) is 0 Å². The maximum atomic E-state index is 13.2. The summed E-state index contributed by atoms with van der Waals surface area (Å²) in [7, 11) is 0. The normalized spacial score (nSPS) is 11.4. The molecule has 0 bridgehead atoms. The van der Waals surface area contributed by atoms with Crippen LogP contribution in [0.25, 0.3) is 22.4 Å². The standard InChI is InChI=1S/C33H26N2O4/c36-32(37)22-31(26-16-14-24(15-17-26)23-8-3-1-4-9-23)35-33(38)30-13-7-12-29(34-30)25-18-20-28(21-19-25)39-27-10-5-2-6-11-27/h1-21,31H,22H2,(H,35,38)(H,36,37). The van der Waals surface area contributed by atoms with Gasteiger partial charge in [0.25, 0.3) is 5.91 Å². The predicted octanol–water partition coefficient (Wildman–Crippen LogP) is 7.15. The molecule has 0 aliphatic carbocycles. The first-order valence-corrected chi connectivity index (χ1v) is 12.5. The SMILES string of the molecule is O=C(O)CC(NC(=O)c1cccc(-c2ccc(Oc3ccccc3)cc2)n1)c1ccc(-c2ccccc2)cc1. The molecule has 0 aliphatic rings. The van der Waals surface area contributed by atoms with Crippen molar-refractivity contribution in [3.05, 3.63) is 139 Å². The molecular weight excluding hydrogens is 488 g/mol. The van der Waals surface area contributed by atoms with Crippen molar-refractivity contribution < 1.29 is 19.4 Å². The summed E-state index contributed by atoms with van der Waals surface area (Å²) in [5.74, 6) is -0.0208. The lowest BCUT2D eigenvalue weighted by molar-refractivity contribution is -0.137. The van der Waals surface area contributed by atoms with Crippen LogP contribution in [0.3, 0.4) is 0 Å². The van der Waals surface area contributed by atoms with E-state index in [1.54, 1.807) is 12.1 Å². The molecule has 1 heterocycles. The van der Waals surface area contributed by atoms with E-state index in [4.69, 9.17) is 4.74 Å². The average molecular weight is 515 g/mol. The Kier molecular flexibility index (Phi) is 7.74. The van der Waals surface area contributed by atoms with E-state index in [2.05, 4.69) is 10.3 Å². The Bertz CT molecular complexity index is 1550. The molecule has 6 heteroatoms. The van der Waals surface area contributed by atoms with E-state index in [1.165, 1.54) is 0 Å². The quantitative estimate of drug-likeness (QED) is 0.218. The van der Waals surface area contributed by atoms with Gasteiger partial charge in [0.05, 0.1) is 18.2 Å². The summed E-state index contributed by atoms with van der Waals surface area (Å²) in [6.07, 6.45) is -0.251. The molecule has 0 saturated carbocycles. The Morgan fingerprint density at radius 1 is 0.667 bits per heavy atom. The van der Waals surface area contributed by atoms with E-state index < -0.39 is 17.9 Å². The summed E-state index contributed by atoms with van der Waals surface area (Å²) in [6, 6.07) is 38.9. The van der Waals surface area contributed by atoms with Gasteiger partial charge in [-0.05, 0) is 65.2 Å². The van der Waals surface area contributed by atoms with E-state index in [9.17, 15) is 14.7 Å². The van der Waals surface area contributed by atoms with Crippen LogP contribution in [-0.4, -0.2) is 22.0 Å². The molecule has 1 aromatic heterocycles. The van der Waals surface area contributed by atoms with Crippen molar-refractivity contribution in [2.24, 2.45) is 0 Å². The van der Waals surface area contributed by atoms with Crippen molar-refractivity contribution in [2.75, 3.05) is 0 Å². The number of para-hydroxylation sites is 1. The molecule has 0 radical (unpaired) electrons. The van der Waals surface area contributed by atoms with Gasteiger partial charge >= 0.3 is 5.97 Å². The number of ether oxygens (including phenoxy) is 1. The second-order valence-corrected chi connectivity index (χ2v) is 8.96. The number of rotatable bonds is 9. The number of amides is 1. The highest BCUT2D eigenvalue weighted by atomic mass is 16.5. The van der Waals surface area contributed by atoms with Crippen molar-refractivity contribution in [3.8, 4) is 33.9 Å². The molecule has 39 heavy (non-hydrogen) atoms. The van der Waals surface area contributed by atoms with Gasteiger partial charge in [-0.3, -0.25) is 9.59 Å². The second-order valence-electron chi connectivity index (χ2n) is 8.96. The summed E-state index contributed by atoms with van der Waals surface area (Å²) >= 11 is 0. The lowest BCUT2D eigenvalue weighted by Gasteiger charge is -2.18. The highest BCUT2D eigenvalue weighted by Gasteiger charge is 2.20. The average Bonchev–Trinajstić information content (AvgIpc) is 2.98. The minimum Gasteiger partial charge on any atom is -0.481 e. The fourth-order valence-electron chi connectivity index (χ4n) is 4.24. The van der Waals surface area contributed by atoms with Crippen molar-refractivity contribution in [1.82, 2.24) is 10.3 Å². The largest absolute Gasteiger partial charge is 0.481 e. The first kappa shape index (κ1) is 25.4. The van der Waals surface area contributed by atoms with E-state index in [-0.39, 0.29) is 12.1 Å². The first-order chi connectivity index (χ1) is 19.0. The molecular formula is C33H26N2O4. The number of nitrogens with one attached hydrogen (secondary N) is 1. The number of aromatic nitrogens is 1. The maximum absolute atomic E-state index is 13.2. The number of aliphatic carboxylic acids is 1. The number of carbonyl (C=O) groups excluding carboxylic acids is 1. The van der Waals surface area contributed by atoms with Crippen LogP contribution in [0.4, 0.5) is 0 Å². The first-order valence-electron chi connectivity index (χ1n) is 12.5. The summed E-state index contributed by atoms with van der Waals surface area (Å²) < 4.78 is 5.85. The molecule has 4 aromatic carbocycles. The number of hydrogen-bond acceptors (Lipinski definition) is 4. The lowest BCUT2D eigenvalue weighted by atomic mass is 9.99. The third-order valence-corrected chi connectivity index (χ3v) is 6.21. The van der Waals surface area contributed by atoms with Gasteiger partial charge in [0, 0.05) is 5.56 Å². The van der Waals surface area contributed by atoms with Gasteiger partial charge in [-0.2, -0.15) is 0 Å². The van der Waals surface area contributed by atoms with Crippen molar-refractivity contribution in [3.63, 3.8) is 0 Å². The van der Waals surface area contributed by atoms with E-state index in [0.29, 0.717) is 17.0 Å². The monoisotopic (exact) mass is 514 g/mol. The highest BCUT2D eigenvalue weighted by molar-refractivity contribution is 5.93. The van der Waals surface area contributed by atoms with E-state index in [1.807, 2.05) is 115 Å². The number of carboxylic acids is 1. The molecule has 6 nitrogen and oxygen atoms in total. The maximum Gasteiger partial charge on any atom is 0.305 e. The van der Waals surface area contributed by atoms with Gasteiger partial charge in [0.15, 0.2) is 0 Å². The van der Waals surface area contributed by atoms with E-state index in [0.717, 1.165) is 22.4 Å². The smallest absolute Gasteiger partial charge is 0.305 e. The molecule has 2 N–H and O–H groups in total. The Labute approximate surface area is 226 Å². The zero-order valence-corrected chi connectivity index (χ0v) is 21.0. The van der Waals surface area contributed by atoms with Gasteiger partial charge in [0.2, 0.25) is 0 Å². The van der Waals surface area contributed by atoms with Crippen LogP contribution in [0.1, 0.15) is 28.5 Å². The molecule has 0 saturated heterocycles. The molecule has 1 amide bonds. The number of nitrogens with zero attached hydrogens (tertiary/aromatic N) is 1. The zero-order valence-electron chi connectivity index (χ0n) is 21.0.